The summed E-state index contributed by atoms with van der Waals surface area (Å²) >= 11 is 0. The van der Waals surface area contributed by atoms with Gasteiger partial charge in [0, 0.05) is 0 Å². The van der Waals surface area contributed by atoms with Crippen molar-refractivity contribution in [2.45, 2.75) is 0 Å². The van der Waals surface area contributed by atoms with Crippen molar-refractivity contribution in [2.24, 2.45) is 10.2 Å². The van der Waals surface area contributed by atoms with E-state index in [1.54, 1.807) is 0 Å². The third-order valence-corrected chi connectivity index (χ3v) is 3.77. The summed E-state index contributed by atoms with van der Waals surface area (Å²) in [6.07, 6.45) is 0. The Morgan fingerprint density at radius 1 is 0.455 bits per heavy atom. The zero-order chi connectivity index (χ0) is 14.8. The number of fused-ring (bicyclic) bond motifs is 3. The Bertz CT molecular complexity index is 972. The molecule has 0 aromatic heterocycles. The van der Waals surface area contributed by atoms with E-state index in [4.69, 9.17) is 0 Å². The van der Waals surface area contributed by atoms with Crippen molar-refractivity contribution in [1.29, 1.82) is 0 Å². The van der Waals surface area contributed by atoms with E-state index in [1.165, 1.54) is 21.5 Å². The highest BCUT2D eigenvalue weighted by Gasteiger charge is 2.01. The van der Waals surface area contributed by atoms with E-state index in [0.717, 1.165) is 11.4 Å². The molecule has 104 valence electrons. The van der Waals surface area contributed by atoms with Crippen molar-refractivity contribution in [3.05, 3.63) is 84.9 Å². The number of azo groups is 1. The van der Waals surface area contributed by atoms with Crippen LogP contribution < -0.4 is 0 Å². The van der Waals surface area contributed by atoms with E-state index in [0.29, 0.717) is 0 Å². The molecular weight excluding hydrogens is 268 g/mol. The lowest BCUT2D eigenvalue weighted by Gasteiger charge is -2.04. The summed E-state index contributed by atoms with van der Waals surface area (Å²) in [5.74, 6) is 0. The van der Waals surface area contributed by atoms with E-state index in [9.17, 15) is 0 Å². The fourth-order valence-corrected chi connectivity index (χ4v) is 2.67. The Balaban J connectivity index is 1.78. The van der Waals surface area contributed by atoms with Crippen LogP contribution in [0.1, 0.15) is 0 Å². The Kier molecular flexibility index (Phi) is 3.13. The van der Waals surface area contributed by atoms with Gasteiger partial charge in [0.25, 0.3) is 0 Å². The van der Waals surface area contributed by atoms with Crippen molar-refractivity contribution in [3.63, 3.8) is 0 Å². The van der Waals surface area contributed by atoms with Crippen LogP contribution >= 0.6 is 0 Å². The predicted octanol–water partition coefficient (Wildman–Crippen LogP) is 6.41. The molecule has 2 nitrogen and oxygen atoms in total. The smallest absolute Gasteiger partial charge is 0.0863 e. The van der Waals surface area contributed by atoms with Crippen LogP contribution in [0.5, 0.6) is 0 Å². The van der Waals surface area contributed by atoms with Gasteiger partial charge in [-0.05, 0) is 45.8 Å². The summed E-state index contributed by atoms with van der Waals surface area (Å²) in [5, 5.41) is 13.6. The molecule has 0 saturated carbocycles. The van der Waals surface area contributed by atoms with Crippen LogP contribution in [0, 0.1) is 0 Å². The highest BCUT2D eigenvalue weighted by Crippen LogP contribution is 2.29. The molecule has 4 aromatic carbocycles. The first kappa shape index (κ1) is 12.7. The zero-order valence-corrected chi connectivity index (χ0v) is 12.0. The molecular formula is C20H14N2. The van der Waals surface area contributed by atoms with E-state index >= 15 is 0 Å². The molecule has 0 aliphatic rings. The summed E-state index contributed by atoms with van der Waals surface area (Å²) in [4.78, 5) is 0. The van der Waals surface area contributed by atoms with Gasteiger partial charge in [0.2, 0.25) is 0 Å². The summed E-state index contributed by atoms with van der Waals surface area (Å²) in [6.45, 7) is 0. The highest BCUT2D eigenvalue weighted by atomic mass is 15.1. The molecule has 2 heteroatoms. The van der Waals surface area contributed by atoms with E-state index in [2.05, 4.69) is 58.8 Å². The molecule has 0 unspecified atom stereocenters. The molecule has 0 heterocycles. The topological polar surface area (TPSA) is 24.7 Å². The fraction of sp³-hybridized carbons (Fsp3) is 0. The highest BCUT2D eigenvalue weighted by molar-refractivity contribution is 6.08. The van der Waals surface area contributed by atoms with Crippen molar-refractivity contribution in [2.75, 3.05) is 0 Å². The average molecular weight is 282 g/mol. The van der Waals surface area contributed by atoms with Crippen LogP contribution in [0.15, 0.2) is 95.2 Å². The first-order valence-electron chi connectivity index (χ1n) is 7.28. The minimum Gasteiger partial charge on any atom is -0.151 e. The standard InChI is InChI=1S/C20H14N2/c1-2-7-17(8-3-1)21-22-18-12-13-20-16(14-18)11-10-15-6-4-5-9-19(15)20/h1-14H. The largest absolute Gasteiger partial charge is 0.151 e. The van der Waals surface area contributed by atoms with Crippen molar-refractivity contribution in [1.82, 2.24) is 0 Å². The summed E-state index contributed by atoms with van der Waals surface area (Å²) in [7, 11) is 0. The fourth-order valence-electron chi connectivity index (χ4n) is 2.67. The number of rotatable bonds is 2. The van der Waals surface area contributed by atoms with Gasteiger partial charge < -0.3 is 0 Å². The Labute approximate surface area is 128 Å². The summed E-state index contributed by atoms with van der Waals surface area (Å²) < 4.78 is 0. The van der Waals surface area contributed by atoms with Crippen LogP contribution in [0.3, 0.4) is 0 Å². The SMILES string of the molecule is c1ccc(N=Nc2ccc3c(ccc4ccccc43)c2)cc1. The van der Waals surface area contributed by atoms with Crippen molar-refractivity contribution >= 4 is 32.9 Å². The van der Waals surface area contributed by atoms with Gasteiger partial charge in [-0.1, -0.05) is 60.7 Å². The maximum absolute atomic E-state index is 4.33. The molecule has 0 aliphatic carbocycles. The molecule has 0 aliphatic heterocycles. The predicted molar refractivity (Wildman–Crippen MR) is 92.1 cm³/mol. The lowest BCUT2D eigenvalue weighted by atomic mass is 10.0. The summed E-state index contributed by atoms with van der Waals surface area (Å²) in [6, 6.07) is 28.7. The number of benzene rings is 4. The maximum Gasteiger partial charge on any atom is 0.0863 e. The third-order valence-electron chi connectivity index (χ3n) is 3.77. The second-order valence-electron chi connectivity index (χ2n) is 5.23. The number of hydrogen-bond acceptors (Lipinski definition) is 2. The van der Waals surface area contributed by atoms with Crippen molar-refractivity contribution < 1.29 is 0 Å². The molecule has 0 saturated heterocycles. The Morgan fingerprint density at radius 3 is 2.05 bits per heavy atom. The van der Waals surface area contributed by atoms with Gasteiger partial charge in [-0.2, -0.15) is 10.2 Å². The molecule has 4 rings (SSSR count). The van der Waals surface area contributed by atoms with Gasteiger partial charge in [0.15, 0.2) is 0 Å². The monoisotopic (exact) mass is 282 g/mol. The first-order valence-corrected chi connectivity index (χ1v) is 7.28. The van der Waals surface area contributed by atoms with Crippen LogP contribution in [0.2, 0.25) is 0 Å². The zero-order valence-electron chi connectivity index (χ0n) is 12.0. The molecule has 0 N–H and O–H groups in total. The van der Waals surface area contributed by atoms with Gasteiger partial charge in [0.05, 0.1) is 11.4 Å². The van der Waals surface area contributed by atoms with Gasteiger partial charge in [-0.3, -0.25) is 0 Å². The molecule has 4 aromatic rings. The molecule has 0 spiro atoms. The van der Waals surface area contributed by atoms with Crippen LogP contribution in [0.25, 0.3) is 21.5 Å². The number of nitrogens with zero attached hydrogens (tertiary/aromatic N) is 2. The average Bonchev–Trinajstić information content (AvgIpc) is 2.60. The van der Waals surface area contributed by atoms with Crippen molar-refractivity contribution in [3.8, 4) is 0 Å². The maximum atomic E-state index is 4.33. The lowest BCUT2D eigenvalue weighted by molar-refractivity contribution is 1.24. The molecule has 0 fully saturated rings. The molecule has 22 heavy (non-hydrogen) atoms. The van der Waals surface area contributed by atoms with Crippen LogP contribution in [-0.4, -0.2) is 0 Å². The molecule has 0 radical (unpaired) electrons. The van der Waals surface area contributed by atoms with Gasteiger partial charge in [-0.25, -0.2) is 0 Å². The molecule has 0 bridgehead atoms. The minimum absolute atomic E-state index is 0.862. The first-order chi connectivity index (χ1) is 10.9. The second-order valence-corrected chi connectivity index (χ2v) is 5.23. The minimum atomic E-state index is 0.862. The molecule has 0 atom stereocenters. The number of hydrogen-bond donors (Lipinski definition) is 0. The van der Waals surface area contributed by atoms with E-state index in [-0.39, 0.29) is 0 Å². The van der Waals surface area contributed by atoms with E-state index < -0.39 is 0 Å². The quantitative estimate of drug-likeness (QED) is 0.300. The van der Waals surface area contributed by atoms with Gasteiger partial charge in [-0.15, -0.1) is 0 Å². The molecule has 0 amide bonds. The van der Waals surface area contributed by atoms with Crippen LogP contribution in [-0.2, 0) is 0 Å². The Hall–Kier alpha value is -3.00. The second kappa shape index (κ2) is 5.41. The van der Waals surface area contributed by atoms with Crippen LogP contribution in [0.4, 0.5) is 11.4 Å². The van der Waals surface area contributed by atoms with Gasteiger partial charge in [0.1, 0.15) is 0 Å². The van der Waals surface area contributed by atoms with E-state index in [1.807, 2.05) is 36.4 Å². The normalized spacial score (nSPS) is 11.5. The van der Waals surface area contributed by atoms with Gasteiger partial charge >= 0.3 is 0 Å². The Morgan fingerprint density at radius 2 is 1.14 bits per heavy atom. The third kappa shape index (κ3) is 2.35. The lowest BCUT2D eigenvalue weighted by Crippen LogP contribution is -1.77. The summed E-state index contributed by atoms with van der Waals surface area (Å²) in [5.41, 5.74) is 1.73.